The number of thioether (sulfide) groups is 1. The lowest BCUT2D eigenvalue weighted by Gasteiger charge is -2.22. The Hall–Kier alpha value is -1.96. The summed E-state index contributed by atoms with van der Waals surface area (Å²) in [5.74, 6) is 0.235. The topological polar surface area (TPSA) is 46.9 Å². The molecule has 0 unspecified atom stereocenters. The number of rotatable bonds is 5. The minimum absolute atomic E-state index is 0.0369. The molecule has 1 amide bonds. The molecular weight excluding hydrogens is 394 g/mol. The second kappa shape index (κ2) is 8.37. The lowest BCUT2D eigenvalue weighted by Crippen LogP contribution is -2.19. The molecule has 0 saturated carbocycles. The van der Waals surface area contributed by atoms with Crippen LogP contribution in [0.15, 0.2) is 58.9 Å². The molecule has 3 rings (SSSR count). The minimum Gasteiger partial charge on any atom is -0.325 e. The average Bonchev–Trinajstić information content (AvgIpc) is 3.01. The van der Waals surface area contributed by atoms with Crippen LogP contribution in [0.25, 0.3) is 5.69 Å². The van der Waals surface area contributed by atoms with Gasteiger partial charge in [-0.15, -0.1) is 5.10 Å². The Balaban J connectivity index is 1.67. The van der Waals surface area contributed by atoms with Gasteiger partial charge in [-0.2, -0.15) is 0 Å². The molecule has 3 aromatic rings. The van der Waals surface area contributed by atoms with Gasteiger partial charge in [-0.05, 0) is 41.4 Å². The number of benzene rings is 2. The molecule has 0 aliphatic carbocycles. The van der Waals surface area contributed by atoms with Gasteiger partial charge in [-0.25, -0.2) is 4.68 Å². The molecule has 2 aromatic carbocycles. The summed E-state index contributed by atoms with van der Waals surface area (Å²) in [4.78, 5) is 12.4. The van der Waals surface area contributed by atoms with E-state index < -0.39 is 0 Å². The smallest absolute Gasteiger partial charge is 0.234 e. The van der Waals surface area contributed by atoms with Gasteiger partial charge in [0.1, 0.15) is 0 Å². The first-order chi connectivity index (χ1) is 12.8. The van der Waals surface area contributed by atoms with E-state index in [1.807, 2.05) is 48.5 Å². The molecule has 140 valence electrons. The quantitative estimate of drug-likeness (QED) is 0.429. The molecule has 7 heteroatoms. The van der Waals surface area contributed by atoms with Crippen molar-refractivity contribution in [1.82, 2.24) is 9.78 Å². The highest BCUT2D eigenvalue weighted by Gasteiger charge is 2.18. The van der Waals surface area contributed by atoms with Crippen LogP contribution < -0.4 is 5.32 Å². The second-order valence-electron chi connectivity index (χ2n) is 7.01. The maximum Gasteiger partial charge on any atom is 0.234 e. The molecule has 4 nitrogen and oxygen atoms in total. The van der Waals surface area contributed by atoms with Gasteiger partial charge in [0, 0.05) is 5.69 Å². The van der Waals surface area contributed by atoms with E-state index in [-0.39, 0.29) is 17.1 Å². The molecule has 0 aliphatic heterocycles. The molecule has 1 N–H and O–H groups in total. The highest BCUT2D eigenvalue weighted by molar-refractivity contribution is 8.01. The fraction of sp³-hybridized carbons (Fsp3) is 0.250. The lowest BCUT2D eigenvalue weighted by atomic mass is 9.86. The van der Waals surface area contributed by atoms with Crippen molar-refractivity contribution < 1.29 is 4.79 Å². The Morgan fingerprint density at radius 3 is 2.52 bits per heavy atom. The lowest BCUT2D eigenvalue weighted by molar-refractivity contribution is -0.113. The number of nitrogens with zero attached hydrogens (tertiary/aromatic N) is 2. The number of nitrogens with one attached hydrogen (secondary N) is 1. The third-order valence-electron chi connectivity index (χ3n) is 3.87. The summed E-state index contributed by atoms with van der Waals surface area (Å²) in [7, 11) is 0. The van der Waals surface area contributed by atoms with Crippen LogP contribution in [-0.2, 0) is 10.2 Å². The standard InChI is InChI=1S/C20H21N3OS3/c1-20(2,3)15-11-7-8-12-16(15)21-17(24)13-26-18-22-23(19(25)27-18)14-9-5-4-6-10-14/h4-12H,13H2,1-3H3,(H,21,24). The fourth-order valence-electron chi connectivity index (χ4n) is 2.61. The summed E-state index contributed by atoms with van der Waals surface area (Å²) in [5, 5.41) is 7.55. The number of amides is 1. The first kappa shape index (κ1) is 19.8. The monoisotopic (exact) mass is 415 g/mol. The van der Waals surface area contributed by atoms with Crippen molar-refractivity contribution in [2.75, 3.05) is 11.1 Å². The zero-order valence-corrected chi connectivity index (χ0v) is 17.9. The normalized spacial score (nSPS) is 11.4. The summed E-state index contributed by atoms with van der Waals surface area (Å²) >= 11 is 8.22. The summed E-state index contributed by atoms with van der Waals surface area (Å²) in [6.45, 7) is 6.40. The molecule has 0 bridgehead atoms. The van der Waals surface area contributed by atoms with Crippen LogP contribution in [-0.4, -0.2) is 21.4 Å². The Kier molecular flexibility index (Phi) is 6.14. The van der Waals surface area contributed by atoms with Crippen molar-refractivity contribution in [2.24, 2.45) is 0 Å². The number of aromatic nitrogens is 2. The van der Waals surface area contributed by atoms with Crippen LogP contribution >= 0.6 is 35.3 Å². The number of hydrogen-bond acceptors (Lipinski definition) is 5. The molecule has 27 heavy (non-hydrogen) atoms. The van der Waals surface area contributed by atoms with Gasteiger partial charge in [0.2, 0.25) is 5.91 Å². The van der Waals surface area contributed by atoms with Gasteiger partial charge >= 0.3 is 0 Å². The first-order valence-electron chi connectivity index (χ1n) is 8.52. The minimum atomic E-state index is -0.0518. The van der Waals surface area contributed by atoms with Crippen molar-refractivity contribution in [2.45, 2.75) is 30.5 Å². The van der Waals surface area contributed by atoms with E-state index in [9.17, 15) is 4.79 Å². The summed E-state index contributed by atoms with van der Waals surface area (Å²) in [6, 6.07) is 17.7. The first-order valence-corrected chi connectivity index (χ1v) is 10.7. The van der Waals surface area contributed by atoms with Crippen LogP contribution in [0.1, 0.15) is 26.3 Å². The van der Waals surface area contributed by atoms with Crippen LogP contribution in [0.2, 0.25) is 0 Å². The largest absolute Gasteiger partial charge is 0.325 e. The van der Waals surface area contributed by atoms with Crippen LogP contribution in [0.5, 0.6) is 0 Å². The van der Waals surface area contributed by atoms with E-state index in [0.29, 0.717) is 3.95 Å². The SMILES string of the molecule is CC(C)(C)c1ccccc1NC(=O)CSc1nn(-c2ccccc2)c(=S)s1. The third kappa shape index (κ3) is 5.06. The zero-order valence-electron chi connectivity index (χ0n) is 15.4. The summed E-state index contributed by atoms with van der Waals surface area (Å²) < 4.78 is 3.18. The maximum absolute atomic E-state index is 12.4. The van der Waals surface area contributed by atoms with Gasteiger partial charge in [-0.3, -0.25) is 4.79 Å². The number of hydrogen-bond donors (Lipinski definition) is 1. The molecule has 0 atom stereocenters. The highest BCUT2D eigenvalue weighted by Crippen LogP contribution is 2.30. The Morgan fingerprint density at radius 2 is 1.81 bits per heavy atom. The van der Waals surface area contributed by atoms with E-state index in [2.05, 4.69) is 37.3 Å². The van der Waals surface area contributed by atoms with Crippen molar-refractivity contribution >= 4 is 46.9 Å². The van der Waals surface area contributed by atoms with E-state index >= 15 is 0 Å². The van der Waals surface area contributed by atoms with Gasteiger partial charge in [0.15, 0.2) is 8.29 Å². The number of para-hydroxylation sites is 2. The van der Waals surface area contributed by atoms with Crippen LogP contribution in [0.3, 0.4) is 0 Å². The average molecular weight is 416 g/mol. The van der Waals surface area contributed by atoms with E-state index in [1.165, 1.54) is 23.1 Å². The van der Waals surface area contributed by atoms with E-state index in [1.54, 1.807) is 4.68 Å². The highest BCUT2D eigenvalue weighted by atomic mass is 32.2. The molecule has 1 aromatic heterocycles. The van der Waals surface area contributed by atoms with Crippen LogP contribution in [0, 0.1) is 3.95 Å². The van der Waals surface area contributed by atoms with E-state index in [0.717, 1.165) is 21.3 Å². The Bertz CT molecular complexity index is 987. The number of carbonyl (C=O) groups is 1. The molecule has 0 fully saturated rings. The van der Waals surface area contributed by atoms with Crippen molar-refractivity contribution in [3.8, 4) is 5.69 Å². The molecule has 1 heterocycles. The number of anilines is 1. The Labute approximate surface area is 172 Å². The maximum atomic E-state index is 12.4. The fourth-order valence-corrected chi connectivity index (χ4v) is 4.77. The molecule has 0 radical (unpaired) electrons. The van der Waals surface area contributed by atoms with Gasteiger partial charge in [0.25, 0.3) is 0 Å². The Morgan fingerprint density at radius 1 is 1.15 bits per heavy atom. The molecule has 0 aliphatic rings. The van der Waals surface area contributed by atoms with Gasteiger partial charge in [0.05, 0.1) is 11.4 Å². The molecule has 0 saturated heterocycles. The van der Waals surface area contributed by atoms with Crippen molar-refractivity contribution in [1.29, 1.82) is 0 Å². The third-order valence-corrected chi connectivity index (χ3v) is 6.23. The van der Waals surface area contributed by atoms with E-state index in [4.69, 9.17) is 12.2 Å². The summed E-state index contributed by atoms with van der Waals surface area (Å²) in [6.07, 6.45) is 0. The van der Waals surface area contributed by atoms with Crippen molar-refractivity contribution in [3.05, 3.63) is 64.1 Å². The predicted octanol–water partition coefficient (Wildman–Crippen LogP) is 5.69. The molecule has 0 spiro atoms. The summed E-state index contributed by atoms with van der Waals surface area (Å²) in [5.41, 5.74) is 2.87. The molecular formula is C20H21N3OS3. The second-order valence-corrected chi connectivity index (χ2v) is 9.86. The van der Waals surface area contributed by atoms with Gasteiger partial charge in [-0.1, -0.05) is 80.3 Å². The van der Waals surface area contributed by atoms with Gasteiger partial charge < -0.3 is 5.32 Å². The number of carbonyl (C=O) groups excluding carboxylic acids is 1. The van der Waals surface area contributed by atoms with Crippen molar-refractivity contribution in [3.63, 3.8) is 0 Å². The predicted molar refractivity (Wildman–Crippen MR) is 117 cm³/mol. The zero-order chi connectivity index (χ0) is 19.4. The van der Waals surface area contributed by atoms with Crippen LogP contribution in [0.4, 0.5) is 5.69 Å².